The molecule has 0 radical (unpaired) electrons. The van der Waals surface area contributed by atoms with Crippen molar-refractivity contribution >= 4 is 44.8 Å². The second-order valence-corrected chi connectivity index (χ2v) is 15.1. The highest BCUT2D eigenvalue weighted by Gasteiger charge is 2.66. The number of alkyl carbamates (subject to hydrolysis) is 1. The molecular weight excluding hydrogens is 572 g/mol. The van der Waals surface area contributed by atoms with Gasteiger partial charge in [0, 0.05) is 23.8 Å². The number of carbonyl (C=O) groups is 5. The largest absolute Gasteiger partial charge is 0.479 e. The van der Waals surface area contributed by atoms with E-state index in [1.807, 2.05) is 0 Å². The van der Waals surface area contributed by atoms with Gasteiger partial charge in [0.2, 0.25) is 11.6 Å². The zero-order valence-corrected chi connectivity index (χ0v) is 24.8. The van der Waals surface area contributed by atoms with Gasteiger partial charge in [-0.3, -0.25) is 14.2 Å². The average molecular weight is 607 g/mol. The molecule has 0 saturated carbocycles. The van der Waals surface area contributed by atoms with E-state index in [0.29, 0.717) is 5.56 Å². The summed E-state index contributed by atoms with van der Waals surface area (Å²) >= 11 is 0. The number of Topliss-reactive ketones (excluding diaryl/α,β-unsaturated/α-hetero) is 2. The maximum absolute atomic E-state index is 13.7. The minimum Gasteiger partial charge on any atom is -0.445 e. The topological polar surface area (TPSA) is 220 Å². The van der Waals surface area contributed by atoms with Crippen molar-refractivity contribution < 1.29 is 61.8 Å². The molecule has 0 bridgehead atoms. The zero-order valence-electron chi connectivity index (χ0n) is 23.0. The molecule has 0 aromatic heterocycles. The van der Waals surface area contributed by atoms with Crippen LogP contribution in [0.2, 0.25) is 0 Å². The third kappa shape index (κ3) is 9.35. The van der Waals surface area contributed by atoms with Crippen LogP contribution in [-0.4, -0.2) is 56.1 Å². The maximum Gasteiger partial charge on any atom is 0.479 e. The molecule has 1 amide bonds. The first-order chi connectivity index (χ1) is 18.0. The highest BCUT2D eigenvalue weighted by molar-refractivity contribution is 7.73. The molecule has 0 aliphatic heterocycles. The van der Waals surface area contributed by atoms with Crippen molar-refractivity contribution in [3.8, 4) is 0 Å². The number of hydrogen-bond donors (Lipinski definition) is 4. The first-order valence-corrected chi connectivity index (χ1v) is 15.1. The van der Waals surface area contributed by atoms with Gasteiger partial charge in [-0.1, -0.05) is 71.9 Å². The van der Waals surface area contributed by atoms with Gasteiger partial charge in [-0.05, 0) is 12.0 Å². The summed E-state index contributed by atoms with van der Waals surface area (Å²) in [5, 5.41) is 9.37. The summed E-state index contributed by atoms with van der Waals surface area (Å²) in [4.78, 5) is 81.5. The van der Waals surface area contributed by atoms with Gasteiger partial charge in [0.05, 0.1) is 0 Å². The lowest BCUT2D eigenvalue weighted by atomic mass is 9.91. The van der Waals surface area contributed by atoms with E-state index in [0.717, 1.165) is 0 Å². The van der Waals surface area contributed by atoms with E-state index in [1.165, 1.54) is 41.5 Å². The standard InChI is InChI=1S/C24H35NO13P2/c1-22(2,3)17(26)19(28)37-40(35,38-20(29)18(27)23(4,5)6)24(31,39(32,33)34)13-10-14-25-21(30)36-15-16-11-8-7-9-12-16/h7-9,11-12,31H,10,13-15H2,1-6H3,(H,25,30)(H2,32,33,34). The van der Waals surface area contributed by atoms with Crippen molar-refractivity contribution in [1.82, 2.24) is 5.32 Å². The average Bonchev–Trinajstić information content (AvgIpc) is 2.82. The lowest BCUT2D eigenvalue weighted by molar-refractivity contribution is -0.155. The van der Waals surface area contributed by atoms with E-state index in [-0.39, 0.29) is 6.61 Å². The SMILES string of the molecule is CC(C)(C)C(=O)C(=O)OP(=O)(OC(=O)C(=O)C(C)(C)C)C(O)(CCCNC(=O)OCc1ccccc1)P(=O)(O)O. The fourth-order valence-electron chi connectivity index (χ4n) is 2.81. The van der Waals surface area contributed by atoms with Gasteiger partial charge in [0.15, 0.2) is 0 Å². The summed E-state index contributed by atoms with van der Waals surface area (Å²) in [6.07, 6.45) is -2.64. The number of hydrogen-bond acceptors (Lipinski definition) is 11. The van der Waals surface area contributed by atoms with Crippen LogP contribution in [0.3, 0.4) is 0 Å². The molecule has 40 heavy (non-hydrogen) atoms. The second-order valence-electron chi connectivity index (χ2n) is 10.8. The quantitative estimate of drug-likeness (QED) is 0.153. The Hall–Kier alpha value is -2.89. The monoisotopic (exact) mass is 607 g/mol. The predicted molar refractivity (Wildman–Crippen MR) is 140 cm³/mol. The highest BCUT2D eigenvalue weighted by atomic mass is 31.2. The van der Waals surface area contributed by atoms with Crippen molar-refractivity contribution in [2.75, 3.05) is 6.54 Å². The molecule has 1 atom stereocenters. The smallest absolute Gasteiger partial charge is 0.445 e. The van der Waals surface area contributed by atoms with Crippen LogP contribution in [0.4, 0.5) is 4.79 Å². The summed E-state index contributed by atoms with van der Waals surface area (Å²) in [6, 6.07) is 8.60. The van der Waals surface area contributed by atoms with Crippen molar-refractivity contribution in [3.63, 3.8) is 0 Å². The van der Waals surface area contributed by atoms with Gasteiger partial charge in [0.1, 0.15) is 6.61 Å². The fraction of sp³-hybridized carbons (Fsp3) is 0.542. The van der Waals surface area contributed by atoms with Crippen molar-refractivity contribution in [1.29, 1.82) is 0 Å². The van der Waals surface area contributed by atoms with E-state index in [2.05, 4.69) is 14.4 Å². The Balaban J connectivity index is 3.22. The Morgan fingerprint density at radius 3 is 1.68 bits per heavy atom. The Morgan fingerprint density at radius 2 is 1.27 bits per heavy atom. The third-order valence-corrected chi connectivity index (χ3v) is 9.80. The number of amides is 1. The maximum atomic E-state index is 13.7. The Labute approximate surface area is 231 Å². The van der Waals surface area contributed by atoms with Crippen LogP contribution in [0.5, 0.6) is 0 Å². The molecule has 0 fully saturated rings. The Kier molecular flexibility index (Phi) is 11.6. The molecule has 14 nitrogen and oxygen atoms in total. The molecule has 0 aliphatic carbocycles. The van der Waals surface area contributed by atoms with Gasteiger partial charge in [-0.2, -0.15) is 0 Å². The summed E-state index contributed by atoms with van der Waals surface area (Å²) in [5.74, 6) is -6.52. The molecule has 0 saturated heterocycles. The molecular formula is C24H35NO13P2. The normalized spacial score (nSPS) is 13.9. The van der Waals surface area contributed by atoms with Crippen LogP contribution >= 0.6 is 15.2 Å². The van der Waals surface area contributed by atoms with Crippen molar-refractivity contribution in [2.45, 2.75) is 66.1 Å². The molecule has 16 heteroatoms. The number of aliphatic hydroxyl groups is 1. The first-order valence-electron chi connectivity index (χ1n) is 11.9. The fourth-order valence-corrected chi connectivity index (χ4v) is 6.15. The van der Waals surface area contributed by atoms with Gasteiger partial charge in [0.25, 0.3) is 5.08 Å². The molecule has 1 unspecified atom stereocenters. The Morgan fingerprint density at radius 1 is 0.825 bits per heavy atom. The minimum absolute atomic E-state index is 0.0934. The Bertz CT molecular complexity index is 1170. The summed E-state index contributed by atoms with van der Waals surface area (Å²) in [7, 11) is -12.0. The number of ether oxygens (including phenoxy) is 1. The second kappa shape index (κ2) is 13.2. The van der Waals surface area contributed by atoms with E-state index < -0.39 is 80.1 Å². The first kappa shape index (κ1) is 35.1. The van der Waals surface area contributed by atoms with E-state index >= 15 is 0 Å². The highest BCUT2D eigenvalue weighted by Crippen LogP contribution is 2.74. The summed E-state index contributed by atoms with van der Waals surface area (Å²) < 4.78 is 40.2. The zero-order chi connectivity index (χ0) is 31.2. The van der Waals surface area contributed by atoms with Gasteiger partial charge >= 0.3 is 33.2 Å². The summed E-state index contributed by atoms with van der Waals surface area (Å²) in [6.45, 7) is 7.14. The molecule has 0 spiro atoms. The number of benzene rings is 1. The lowest BCUT2D eigenvalue weighted by Crippen LogP contribution is -2.38. The van der Waals surface area contributed by atoms with Gasteiger partial charge in [-0.15, -0.1) is 0 Å². The van der Waals surface area contributed by atoms with Crippen LogP contribution in [0.15, 0.2) is 30.3 Å². The number of carbonyl (C=O) groups excluding carboxylic acids is 5. The van der Waals surface area contributed by atoms with Crippen LogP contribution in [0.1, 0.15) is 59.9 Å². The molecule has 4 N–H and O–H groups in total. The van der Waals surface area contributed by atoms with E-state index in [1.54, 1.807) is 30.3 Å². The molecule has 0 heterocycles. The van der Waals surface area contributed by atoms with Gasteiger partial charge < -0.3 is 34.0 Å². The van der Waals surface area contributed by atoms with E-state index in [4.69, 9.17) is 4.74 Å². The molecule has 224 valence electrons. The predicted octanol–water partition coefficient (Wildman–Crippen LogP) is 3.03. The van der Waals surface area contributed by atoms with Crippen LogP contribution in [0.25, 0.3) is 0 Å². The van der Waals surface area contributed by atoms with Crippen LogP contribution < -0.4 is 5.32 Å². The van der Waals surface area contributed by atoms with Crippen molar-refractivity contribution in [3.05, 3.63) is 35.9 Å². The molecule has 0 aliphatic rings. The summed E-state index contributed by atoms with van der Waals surface area (Å²) in [5.41, 5.74) is -2.19. The molecule has 1 aromatic rings. The minimum atomic E-state index is -6.03. The third-order valence-electron chi connectivity index (χ3n) is 5.22. The number of ketones is 2. The molecule has 1 aromatic carbocycles. The van der Waals surface area contributed by atoms with Crippen LogP contribution in [0, 0.1) is 10.8 Å². The molecule has 1 rings (SSSR count). The number of rotatable bonds is 12. The lowest BCUT2D eigenvalue weighted by Gasteiger charge is -2.34. The van der Waals surface area contributed by atoms with E-state index in [9.17, 15) is 48.0 Å². The van der Waals surface area contributed by atoms with Crippen LogP contribution in [-0.2, 0) is 48.7 Å². The van der Waals surface area contributed by atoms with Gasteiger partial charge in [-0.25, -0.2) is 18.9 Å². The van der Waals surface area contributed by atoms with Crippen molar-refractivity contribution in [2.24, 2.45) is 10.8 Å². The number of nitrogens with one attached hydrogen (secondary N) is 1.